The Morgan fingerprint density at radius 3 is 2.89 bits per heavy atom. The van der Waals surface area contributed by atoms with Crippen LogP contribution in [0.25, 0.3) is 0 Å². The summed E-state index contributed by atoms with van der Waals surface area (Å²) in [6.45, 7) is 4.03. The predicted molar refractivity (Wildman–Crippen MR) is 84.3 cm³/mol. The van der Waals surface area contributed by atoms with Crippen molar-refractivity contribution in [1.29, 1.82) is 0 Å². The van der Waals surface area contributed by atoms with Crippen LogP contribution in [0.4, 0.5) is 0 Å². The Kier molecular flexibility index (Phi) is 6.60. The lowest BCUT2D eigenvalue weighted by atomic mass is 9.95. The van der Waals surface area contributed by atoms with Crippen LogP contribution in [0.1, 0.15) is 23.7 Å². The second kappa shape index (κ2) is 7.48. The average Bonchev–Trinajstić information content (AvgIpc) is 2.32. The van der Waals surface area contributed by atoms with Gasteiger partial charge in [0.1, 0.15) is 0 Å². The standard InChI is InChI=1S/C13H16BrClN2O.ClH/c1-8-7-16-5-4-12(8)17-13(18)10-3-2-9(14)6-11(10)15;/h2-3,6,8,12,16H,4-5,7H2,1H3,(H,17,18);1H. The quantitative estimate of drug-likeness (QED) is 0.842. The first-order valence-electron chi connectivity index (χ1n) is 6.04. The molecule has 2 unspecified atom stereocenters. The van der Waals surface area contributed by atoms with Gasteiger partial charge in [-0.1, -0.05) is 34.5 Å². The number of carbonyl (C=O) groups excluding carboxylic acids is 1. The zero-order chi connectivity index (χ0) is 13.1. The first kappa shape index (κ1) is 16.8. The van der Waals surface area contributed by atoms with E-state index in [-0.39, 0.29) is 24.4 Å². The minimum Gasteiger partial charge on any atom is -0.349 e. The Bertz CT molecular complexity index is 456. The van der Waals surface area contributed by atoms with E-state index in [4.69, 9.17) is 11.6 Å². The lowest BCUT2D eigenvalue weighted by Crippen LogP contribution is -2.48. The highest BCUT2D eigenvalue weighted by Gasteiger charge is 2.23. The van der Waals surface area contributed by atoms with Crippen LogP contribution in [-0.4, -0.2) is 25.0 Å². The van der Waals surface area contributed by atoms with Crippen molar-refractivity contribution in [2.24, 2.45) is 5.92 Å². The maximum Gasteiger partial charge on any atom is 0.253 e. The predicted octanol–water partition coefficient (Wildman–Crippen LogP) is 3.25. The van der Waals surface area contributed by atoms with E-state index in [9.17, 15) is 4.79 Å². The Morgan fingerprint density at radius 1 is 1.53 bits per heavy atom. The van der Waals surface area contributed by atoms with Gasteiger partial charge in [-0.05, 0) is 43.6 Å². The van der Waals surface area contributed by atoms with Crippen LogP contribution in [0.5, 0.6) is 0 Å². The van der Waals surface area contributed by atoms with Crippen molar-refractivity contribution in [3.8, 4) is 0 Å². The topological polar surface area (TPSA) is 41.1 Å². The fourth-order valence-corrected chi connectivity index (χ4v) is 2.91. The van der Waals surface area contributed by atoms with Gasteiger partial charge in [0, 0.05) is 10.5 Å². The molecule has 0 saturated carbocycles. The number of piperidine rings is 1. The van der Waals surface area contributed by atoms with Gasteiger partial charge in [-0.3, -0.25) is 4.79 Å². The third-order valence-electron chi connectivity index (χ3n) is 3.28. The van der Waals surface area contributed by atoms with Crippen molar-refractivity contribution < 1.29 is 4.79 Å². The van der Waals surface area contributed by atoms with Crippen molar-refractivity contribution in [2.45, 2.75) is 19.4 Å². The molecule has 3 nitrogen and oxygen atoms in total. The van der Waals surface area contributed by atoms with E-state index in [2.05, 4.69) is 33.5 Å². The Labute approximate surface area is 133 Å². The SMILES string of the molecule is CC1CNCCC1NC(=O)c1ccc(Br)cc1Cl.Cl. The number of carbonyl (C=O) groups is 1. The largest absolute Gasteiger partial charge is 0.349 e. The normalized spacial score (nSPS) is 22.5. The summed E-state index contributed by atoms with van der Waals surface area (Å²) in [6.07, 6.45) is 0.959. The number of nitrogens with one attached hydrogen (secondary N) is 2. The van der Waals surface area contributed by atoms with Crippen LogP contribution >= 0.6 is 39.9 Å². The molecule has 1 heterocycles. The highest BCUT2D eigenvalue weighted by molar-refractivity contribution is 9.10. The van der Waals surface area contributed by atoms with E-state index in [1.54, 1.807) is 12.1 Å². The van der Waals surface area contributed by atoms with Crippen LogP contribution < -0.4 is 10.6 Å². The molecular weight excluding hydrogens is 351 g/mol. The van der Waals surface area contributed by atoms with Gasteiger partial charge in [0.05, 0.1) is 10.6 Å². The van der Waals surface area contributed by atoms with Crippen molar-refractivity contribution in [2.75, 3.05) is 13.1 Å². The van der Waals surface area contributed by atoms with Crippen molar-refractivity contribution in [3.63, 3.8) is 0 Å². The van der Waals surface area contributed by atoms with Crippen LogP contribution in [0, 0.1) is 5.92 Å². The lowest BCUT2D eigenvalue weighted by molar-refractivity contribution is 0.0914. The molecule has 1 saturated heterocycles. The second-order valence-corrected chi connectivity index (χ2v) is 6.00. The summed E-state index contributed by atoms with van der Waals surface area (Å²) in [5.41, 5.74) is 0.533. The van der Waals surface area contributed by atoms with Crippen LogP contribution in [-0.2, 0) is 0 Å². The molecule has 19 heavy (non-hydrogen) atoms. The fraction of sp³-hybridized carbons (Fsp3) is 0.462. The molecule has 2 N–H and O–H groups in total. The monoisotopic (exact) mass is 366 g/mol. The third-order valence-corrected chi connectivity index (χ3v) is 4.08. The number of amides is 1. The molecule has 0 aromatic heterocycles. The third kappa shape index (κ3) is 4.35. The second-order valence-electron chi connectivity index (χ2n) is 4.67. The van der Waals surface area contributed by atoms with E-state index in [0.717, 1.165) is 24.0 Å². The highest BCUT2D eigenvalue weighted by atomic mass is 79.9. The van der Waals surface area contributed by atoms with Crippen LogP contribution in [0.3, 0.4) is 0 Å². The maximum atomic E-state index is 12.2. The van der Waals surface area contributed by atoms with Crippen molar-refractivity contribution in [1.82, 2.24) is 10.6 Å². The molecule has 1 aromatic rings. The molecule has 1 fully saturated rings. The number of rotatable bonds is 2. The number of hydrogen-bond donors (Lipinski definition) is 2. The number of benzene rings is 1. The zero-order valence-corrected chi connectivity index (χ0v) is 13.7. The molecule has 106 valence electrons. The molecule has 0 bridgehead atoms. The average molecular weight is 368 g/mol. The number of hydrogen-bond acceptors (Lipinski definition) is 2. The molecule has 2 atom stereocenters. The summed E-state index contributed by atoms with van der Waals surface area (Å²) >= 11 is 9.40. The minimum atomic E-state index is -0.0914. The summed E-state index contributed by atoms with van der Waals surface area (Å²) in [6, 6.07) is 5.53. The molecule has 1 aliphatic rings. The van der Waals surface area contributed by atoms with Gasteiger partial charge < -0.3 is 10.6 Å². The van der Waals surface area contributed by atoms with E-state index >= 15 is 0 Å². The van der Waals surface area contributed by atoms with Gasteiger partial charge in [0.25, 0.3) is 5.91 Å². The Morgan fingerprint density at radius 2 is 2.26 bits per heavy atom. The summed E-state index contributed by atoms with van der Waals surface area (Å²) < 4.78 is 0.874. The van der Waals surface area contributed by atoms with Gasteiger partial charge in [-0.25, -0.2) is 0 Å². The Hall–Kier alpha value is -0.290. The van der Waals surface area contributed by atoms with Gasteiger partial charge in [0.2, 0.25) is 0 Å². The minimum absolute atomic E-state index is 0. The van der Waals surface area contributed by atoms with E-state index in [1.165, 1.54) is 0 Å². The zero-order valence-electron chi connectivity index (χ0n) is 10.6. The first-order chi connectivity index (χ1) is 8.58. The van der Waals surface area contributed by atoms with Crippen LogP contribution in [0.15, 0.2) is 22.7 Å². The van der Waals surface area contributed by atoms with Crippen molar-refractivity contribution in [3.05, 3.63) is 33.3 Å². The number of halogens is 3. The summed E-state index contributed by atoms with van der Waals surface area (Å²) in [5.74, 6) is 0.350. The Balaban J connectivity index is 0.00000180. The molecule has 0 radical (unpaired) electrons. The van der Waals surface area contributed by atoms with Gasteiger partial charge in [-0.15, -0.1) is 12.4 Å². The van der Waals surface area contributed by atoms with Gasteiger partial charge >= 0.3 is 0 Å². The molecule has 1 aliphatic heterocycles. The smallest absolute Gasteiger partial charge is 0.253 e. The first-order valence-corrected chi connectivity index (χ1v) is 7.21. The highest BCUT2D eigenvalue weighted by Crippen LogP contribution is 2.22. The molecule has 6 heteroatoms. The molecule has 0 aliphatic carbocycles. The molecule has 1 aromatic carbocycles. The summed E-state index contributed by atoms with van der Waals surface area (Å²) in [7, 11) is 0. The van der Waals surface area contributed by atoms with E-state index < -0.39 is 0 Å². The summed E-state index contributed by atoms with van der Waals surface area (Å²) in [4.78, 5) is 12.2. The molecule has 2 rings (SSSR count). The van der Waals surface area contributed by atoms with Gasteiger partial charge in [0.15, 0.2) is 0 Å². The maximum absolute atomic E-state index is 12.2. The lowest BCUT2D eigenvalue weighted by Gasteiger charge is -2.30. The molecule has 0 spiro atoms. The summed E-state index contributed by atoms with van der Waals surface area (Å²) in [5, 5.41) is 6.85. The van der Waals surface area contributed by atoms with Crippen molar-refractivity contribution >= 4 is 45.8 Å². The van der Waals surface area contributed by atoms with Crippen LogP contribution in [0.2, 0.25) is 5.02 Å². The fourth-order valence-electron chi connectivity index (χ4n) is 2.15. The van der Waals surface area contributed by atoms with E-state index in [1.807, 2.05) is 6.07 Å². The molecule has 1 amide bonds. The molecular formula is C13H17BrCl2N2O. The van der Waals surface area contributed by atoms with E-state index in [0.29, 0.717) is 16.5 Å². The van der Waals surface area contributed by atoms with Gasteiger partial charge in [-0.2, -0.15) is 0 Å².